The fourth-order valence-electron chi connectivity index (χ4n) is 4.29. The zero-order chi connectivity index (χ0) is 18.7. The number of carbonyl (C=O) groups excluding carboxylic acids is 1. The van der Waals surface area contributed by atoms with Crippen LogP contribution >= 0.6 is 0 Å². The average molecular weight is 358 g/mol. The summed E-state index contributed by atoms with van der Waals surface area (Å²) >= 11 is 0. The van der Waals surface area contributed by atoms with Crippen molar-refractivity contribution >= 4 is 12.3 Å². The Hall–Kier alpha value is -2.04. The molecule has 0 spiro atoms. The highest BCUT2D eigenvalue weighted by Crippen LogP contribution is 2.42. The molecule has 142 valence electrons. The van der Waals surface area contributed by atoms with E-state index in [4.69, 9.17) is 9.94 Å². The molecule has 1 atom stereocenters. The predicted octanol–water partition coefficient (Wildman–Crippen LogP) is 4.91. The lowest BCUT2D eigenvalue weighted by Crippen LogP contribution is -2.45. The Morgan fingerprint density at radius 2 is 2.00 bits per heavy atom. The molecule has 26 heavy (non-hydrogen) atoms. The zero-order valence-corrected chi connectivity index (χ0v) is 16.1. The number of carbonyl (C=O) groups is 1. The van der Waals surface area contributed by atoms with Gasteiger partial charge < -0.3 is 14.8 Å². The molecule has 1 fully saturated rings. The molecule has 1 N–H and O–H groups in total. The van der Waals surface area contributed by atoms with Crippen molar-refractivity contribution in [2.75, 3.05) is 6.54 Å². The molecule has 1 amide bonds. The topological polar surface area (TPSA) is 62.1 Å². The Bertz CT molecular complexity index is 672. The van der Waals surface area contributed by atoms with Crippen molar-refractivity contribution in [2.45, 2.75) is 70.9 Å². The molecule has 5 heteroatoms. The van der Waals surface area contributed by atoms with Crippen LogP contribution in [0.5, 0.6) is 0 Å². The van der Waals surface area contributed by atoms with Crippen molar-refractivity contribution < 1.29 is 14.7 Å². The number of hydrogen-bond acceptors (Lipinski definition) is 4. The summed E-state index contributed by atoms with van der Waals surface area (Å²) < 4.78 is 5.71. The molecule has 1 aliphatic carbocycles. The first-order valence-corrected chi connectivity index (χ1v) is 9.69. The summed E-state index contributed by atoms with van der Waals surface area (Å²) in [4.78, 5) is 14.9. The molecule has 0 aromatic heterocycles. The zero-order valence-electron chi connectivity index (χ0n) is 16.1. The third-order valence-corrected chi connectivity index (χ3v) is 5.38. The minimum absolute atomic E-state index is 0.0425. The van der Waals surface area contributed by atoms with Crippen LogP contribution in [-0.2, 0) is 11.2 Å². The van der Waals surface area contributed by atoms with Crippen molar-refractivity contribution in [3.8, 4) is 0 Å². The van der Waals surface area contributed by atoms with Crippen LogP contribution in [-0.4, -0.2) is 34.6 Å². The number of hydrogen-bond donors (Lipinski definition) is 1. The Balaban J connectivity index is 1.97. The van der Waals surface area contributed by atoms with Gasteiger partial charge in [-0.25, -0.2) is 4.79 Å². The quantitative estimate of drug-likeness (QED) is 0.464. The lowest BCUT2D eigenvalue weighted by atomic mass is 9.77. The van der Waals surface area contributed by atoms with Crippen LogP contribution in [0.3, 0.4) is 0 Å². The second kappa shape index (κ2) is 7.68. The van der Waals surface area contributed by atoms with Crippen molar-refractivity contribution in [1.82, 2.24) is 4.90 Å². The van der Waals surface area contributed by atoms with E-state index in [1.54, 1.807) is 0 Å². The molecule has 1 heterocycles. The molecule has 0 saturated heterocycles. The second-order valence-corrected chi connectivity index (χ2v) is 8.47. The Labute approximate surface area is 156 Å². The monoisotopic (exact) mass is 358 g/mol. The van der Waals surface area contributed by atoms with Crippen LogP contribution in [0.2, 0.25) is 0 Å². The average Bonchev–Trinajstić information content (AvgIpc) is 2.60. The summed E-state index contributed by atoms with van der Waals surface area (Å²) in [5, 5.41) is 12.1. The molecular weight excluding hydrogens is 328 g/mol. The number of oxime groups is 1. The number of benzene rings is 1. The summed E-state index contributed by atoms with van der Waals surface area (Å²) in [5.41, 5.74) is 2.83. The molecule has 1 aromatic carbocycles. The molecule has 1 aromatic rings. The summed E-state index contributed by atoms with van der Waals surface area (Å²) in [6.07, 6.45) is 8.05. The minimum Gasteiger partial charge on any atom is -0.444 e. The predicted molar refractivity (Wildman–Crippen MR) is 102 cm³/mol. The Morgan fingerprint density at radius 1 is 1.27 bits per heavy atom. The van der Waals surface area contributed by atoms with E-state index >= 15 is 0 Å². The van der Waals surface area contributed by atoms with Crippen LogP contribution in [0.4, 0.5) is 4.79 Å². The van der Waals surface area contributed by atoms with Gasteiger partial charge in [-0.3, -0.25) is 0 Å². The molecule has 1 saturated carbocycles. The smallest absolute Gasteiger partial charge is 0.410 e. The fourth-order valence-corrected chi connectivity index (χ4v) is 4.29. The number of fused-ring (bicyclic) bond motifs is 1. The molecule has 0 bridgehead atoms. The highest BCUT2D eigenvalue weighted by molar-refractivity contribution is 5.80. The maximum atomic E-state index is 12.9. The van der Waals surface area contributed by atoms with Gasteiger partial charge in [0.15, 0.2) is 0 Å². The van der Waals surface area contributed by atoms with Crippen molar-refractivity contribution in [2.24, 2.45) is 11.1 Å². The first-order valence-electron chi connectivity index (χ1n) is 9.69. The standard InChI is InChI=1S/C21H30N2O3/c1-21(2,3)26-20(24)23-12-11-16-10-9-15(14-22-25)13-18(16)19(23)17-7-5-4-6-8-17/h9-10,13-14,17,19,25H,4-8,11-12H2,1-3H3/b22-14-. The van der Waals surface area contributed by atoms with Gasteiger partial charge in [0, 0.05) is 6.54 Å². The molecule has 5 nitrogen and oxygen atoms in total. The summed E-state index contributed by atoms with van der Waals surface area (Å²) in [5.74, 6) is 0.455. The summed E-state index contributed by atoms with van der Waals surface area (Å²) in [6.45, 7) is 6.42. The van der Waals surface area contributed by atoms with Gasteiger partial charge in [-0.15, -0.1) is 0 Å². The Kier molecular flexibility index (Phi) is 5.54. The maximum Gasteiger partial charge on any atom is 0.410 e. The summed E-state index contributed by atoms with van der Waals surface area (Å²) in [6, 6.07) is 6.19. The van der Waals surface area contributed by atoms with Gasteiger partial charge in [-0.05, 0) is 68.7 Å². The third-order valence-electron chi connectivity index (χ3n) is 5.38. The number of ether oxygens (including phenoxy) is 1. The van der Waals surface area contributed by atoms with E-state index in [0.29, 0.717) is 12.5 Å². The van der Waals surface area contributed by atoms with E-state index < -0.39 is 5.60 Å². The molecular formula is C21H30N2O3. The second-order valence-electron chi connectivity index (χ2n) is 8.47. The number of amides is 1. The van der Waals surface area contributed by atoms with Crippen molar-refractivity contribution in [1.29, 1.82) is 0 Å². The van der Waals surface area contributed by atoms with Crippen LogP contribution in [0.1, 0.15) is 75.6 Å². The number of rotatable bonds is 2. The normalized spacial score (nSPS) is 21.7. The van der Waals surface area contributed by atoms with Gasteiger partial charge >= 0.3 is 6.09 Å². The van der Waals surface area contributed by atoms with Crippen LogP contribution in [0, 0.1) is 5.92 Å². The molecule has 1 unspecified atom stereocenters. The van der Waals surface area contributed by atoms with Crippen LogP contribution in [0.15, 0.2) is 23.4 Å². The van der Waals surface area contributed by atoms with Gasteiger partial charge in [0.1, 0.15) is 5.60 Å². The molecule has 0 radical (unpaired) electrons. The van der Waals surface area contributed by atoms with Crippen molar-refractivity contribution in [3.05, 3.63) is 34.9 Å². The first-order chi connectivity index (χ1) is 12.4. The van der Waals surface area contributed by atoms with E-state index in [9.17, 15) is 4.79 Å². The SMILES string of the molecule is CC(C)(C)OC(=O)N1CCc2ccc(/C=N\O)cc2C1C1CCCCC1. The highest BCUT2D eigenvalue weighted by atomic mass is 16.6. The van der Waals surface area contributed by atoms with Crippen molar-refractivity contribution in [3.63, 3.8) is 0 Å². The largest absolute Gasteiger partial charge is 0.444 e. The van der Waals surface area contributed by atoms with E-state index in [1.165, 1.54) is 36.6 Å². The van der Waals surface area contributed by atoms with Crippen LogP contribution < -0.4 is 0 Å². The molecule has 3 rings (SSSR count). The van der Waals surface area contributed by atoms with E-state index in [1.807, 2.05) is 31.7 Å². The third kappa shape index (κ3) is 4.19. The molecule has 1 aliphatic heterocycles. The lowest BCUT2D eigenvalue weighted by molar-refractivity contribution is 0.00399. The minimum atomic E-state index is -0.500. The number of nitrogens with zero attached hydrogens (tertiary/aromatic N) is 2. The molecule has 2 aliphatic rings. The van der Waals surface area contributed by atoms with Gasteiger partial charge in [-0.2, -0.15) is 0 Å². The van der Waals surface area contributed by atoms with Crippen LogP contribution in [0.25, 0.3) is 0 Å². The van der Waals surface area contributed by atoms with Gasteiger partial charge in [0.05, 0.1) is 12.3 Å². The van der Waals surface area contributed by atoms with Gasteiger partial charge in [0.25, 0.3) is 0 Å². The Morgan fingerprint density at radius 3 is 2.65 bits per heavy atom. The van der Waals surface area contributed by atoms with Gasteiger partial charge in [-0.1, -0.05) is 36.6 Å². The van der Waals surface area contributed by atoms with E-state index in [-0.39, 0.29) is 12.1 Å². The summed E-state index contributed by atoms with van der Waals surface area (Å²) in [7, 11) is 0. The van der Waals surface area contributed by atoms with E-state index in [2.05, 4.69) is 17.3 Å². The lowest BCUT2D eigenvalue weighted by Gasteiger charge is -2.43. The fraction of sp³-hybridized carbons (Fsp3) is 0.619. The first kappa shape index (κ1) is 18.7. The maximum absolute atomic E-state index is 12.9. The van der Waals surface area contributed by atoms with Gasteiger partial charge in [0.2, 0.25) is 0 Å². The highest BCUT2D eigenvalue weighted by Gasteiger charge is 2.38. The van der Waals surface area contributed by atoms with E-state index in [0.717, 1.165) is 24.8 Å².